The van der Waals surface area contributed by atoms with Crippen LogP contribution in [0.2, 0.25) is 0 Å². The van der Waals surface area contributed by atoms with Crippen LogP contribution in [0.15, 0.2) is 40.6 Å². The van der Waals surface area contributed by atoms with E-state index in [0.29, 0.717) is 5.69 Å². The van der Waals surface area contributed by atoms with E-state index in [1.54, 1.807) is 12.1 Å². The minimum Gasteiger partial charge on any atom is -0.504 e. The minimum atomic E-state index is -1.26. The summed E-state index contributed by atoms with van der Waals surface area (Å²) in [5, 5.41) is 27.1. The Bertz CT molecular complexity index is 754. The van der Waals surface area contributed by atoms with Gasteiger partial charge in [-0.05, 0) is 19.1 Å². The number of methoxy groups -OCH3 is 2. The van der Waals surface area contributed by atoms with E-state index in [1.165, 1.54) is 14.2 Å². The number of carboxylic acids is 1. The molecule has 7 nitrogen and oxygen atoms in total. The summed E-state index contributed by atoms with van der Waals surface area (Å²) in [6.07, 6.45) is 0. The van der Waals surface area contributed by atoms with E-state index in [0.717, 1.165) is 11.6 Å². The van der Waals surface area contributed by atoms with Crippen LogP contribution in [0.5, 0.6) is 17.2 Å². The highest BCUT2D eigenvalue weighted by atomic mass is 16.5. The van der Waals surface area contributed by atoms with E-state index < -0.39 is 5.97 Å². The Morgan fingerprint density at radius 3 is 2.17 bits per heavy atom. The van der Waals surface area contributed by atoms with Crippen LogP contribution in [0.1, 0.15) is 15.9 Å². The molecule has 120 valence electrons. The number of carbonyl (C=O) groups is 1. The first-order valence-electron chi connectivity index (χ1n) is 6.67. The highest BCUT2D eigenvalue weighted by Gasteiger charge is 2.23. The Balaban J connectivity index is 2.58. The predicted octanol–water partition coefficient (Wildman–Crippen LogP) is 3.83. The van der Waals surface area contributed by atoms with Gasteiger partial charge in [0.15, 0.2) is 11.5 Å². The van der Waals surface area contributed by atoms with Crippen molar-refractivity contribution in [2.24, 2.45) is 10.2 Å². The van der Waals surface area contributed by atoms with Crippen molar-refractivity contribution >= 4 is 17.3 Å². The largest absolute Gasteiger partial charge is 0.504 e. The number of nitrogens with zero attached hydrogens (tertiary/aromatic N) is 2. The maximum absolute atomic E-state index is 11.4. The van der Waals surface area contributed by atoms with Gasteiger partial charge < -0.3 is 19.7 Å². The van der Waals surface area contributed by atoms with Crippen molar-refractivity contribution < 1.29 is 24.5 Å². The first kappa shape index (κ1) is 16.3. The fraction of sp³-hybridized carbons (Fsp3) is 0.188. The van der Waals surface area contributed by atoms with Crippen molar-refractivity contribution in [2.75, 3.05) is 14.2 Å². The van der Waals surface area contributed by atoms with Gasteiger partial charge in [0, 0.05) is 6.07 Å². The summed E-state index contributed by atoms with van der Waals surface area (Å²) in [4.78, 5) is 11.4. The molecule has 0 heterocycles. The number of aromatic carboxylic acids is 1. The second-order valence-electron chi connectivity index (χ2n) is 4.70. The molecule has 0 amide bonds. The predicted molar refractivity (Wildman–Crippen MR) is 83.5 cm³/mol. The molecule has 0 bridgehead atoms. The van der Waals surface area contributed by atoms with Crippen molar-refractivity contribution in [3.8, 4) is 17.2 Å². The number of azo groups is 1. The molecule has 23 heavy (non-hydrogen) atoms. The molecule has 7 heteroatoms. The van der Waals surface area contributed by atoms with Crippen LogP contribution < -0.4 is 9.47 Å². The average molecular weight is 316 g/mol. The topological polar surface area (TPSA) is 101 Å². The third-order valence-corrected chi connectivity index (χ3v) is 3.13. The Morgan fingerprint density at radius 1 is 1.04 bits per heavy atom. The van der Waals surface area contributed by atoms with Crippen LogP contribution in [0.3, 0.4) is 0 Å². The monoisotopic (exact) mass is 316 g/mol. The molecule has 0 radical (unpaired) electrons. The van der Waals surface area contributed by atoms with Gasteiger partial charge in [-0.2, -0.15) is 5.11 Å². The zero-order valence-electron chi connectivity index (χ0n) is 12.9. The number of aryl methyl sites for hydroxylation is 1. The lowest BCUT2D eigenvalue weighted by Crippen LogP contribution is -2.00. The first-order chi connectivity index (χ1) is 11.0. The van der Waals surface area contributed by atoms with Crippen LogP contribution in [-0.2, 0) is 0 Å². The van der Waals surface area contributed by atoms with Gasteiger partial charge in [-0.15, -0.1) is 5.11 Å². The third-order valence-electron chi connectivity index (χ3n) is 3.13. The number of hydrogen-bond acceptors (Lipinski definition) is 6. The fourth-order valence-electron chi connectivity index (χ4n) is 1.98. The lowest BCUT2D eigenvalue weighted by atomic mass is 10.1. The summed E-state index contributed by atoms with van der Waals surface area (Å²) in [6.45, 7) is 1.94. The van der Waals surface area contributed by atoms with E-state index >= 15 is 0 Å². The number of ether oxygens (including phenoxy) is 2. The van der Waals surface area contributed by atoms with Crippen molar-refractivity contribution in [1.82, 2.24) is 0 Å². The molecular weight excluding hydrogens is 300 g/mol. The number of hydrogen-bond donors (Lipinski definition) is 2. The van der Waals surface area contributed by atoms with Gasteiger partial charge in [0.1, 0.15) is 5.69 Å². The molecule has 2 aromatic carbocycles. The Kier molecular flexibility index (Phi) is 4.80. The maximum atomic E-state index is 11.4. The molecule has 0 saturated carbocycles. The Labute approximate surface area is 132 Å². The molecule has 0 atom stereocenters. The number of benzene rings is 2. The van der Waals surface area contributed by atoms with E-state index in [1.807, 2.05) is 19.1 Å². The molecule has 2 N–H and O–H groups in total. The summed E-state index contributed by atoms with van der Waals surface area (Å²) < 4.78 is 10.2. The quantitative estimate of drug-likeness (QED) is 0.816. The molecule has 0 aromatic heterocycles. The van der Waals surface area contributed by atoms with Crippen LogP contribution in [0.25, 0.3) is 0 Å². The highest BCUT2D eigenvalue weighted by Crippen LogP contribution is 2.46. The Hall–Kier alpha value is -3.09. The van der Waals surface area contributed by atoms with Crippen molar-refractivity contribution in [2.45, 2.75) is 6.92 Å². The number of aromatic hydroxyl groups is 1. The van der Waals surface area contributed by atoms with E-state index in [2.05, 4.69) is 10.2 Å². The number of phenols is 1. The SMILES string of the molecule is COc1c(O)cc(C(=O)O)c(N=Nc2ccc(C)cc2)c1OC. The molecule has 0 aliphatic carbocycles. The molecule has 2 aromatic rings. The lowest BCUT2D eigenvalue weighted by molar-refractivity contribution is 0.0697. The number of rotatable bonds is 5. The van der Waals surface area contributed by atoms with Crippen molar-refractivity contribution in [3.63, 3.8) is 0 Å². The number of phenolic OH excluding ortho intramolecular Hbond substituents is 1. The molecule has 0 aliphatic rings. The van der Waals surface area contributed by atoms with Gasteiger partial charge in [0.25, 0.3) is 0 Å². The molecule has 2 rings (SSSR count). The molecule has 0 unspecified atom stereocenters. The van der Waals surface area contributed by atoms with Crippen LogP contribution >= 0.6 is 0 Å². The summed E-state index contributed by atoms with van der Waals surface area (Å²) in [5.74, 6) is -1.62. The van der Waals surface area contributed by atoms with Gasteiger partial charge in [-0.1, -0.05) is 17.7 Å². The highest BCUT2D eigenvalue weighted by molar-refractivity contribution is 5.96. The van der Waals surface area contributed by atoms with E-state index in [9.17, 15) is 15.0 Å². The summed E-state index contributed by atoms with van der Waals surface area (Å²) in [6, 6.07) is 8.28. The summed E-state index contributed by atoms with van der Waals surface area (Å²) in [5.41, 5.74) is 1.35. The van der Waals surface area contributed by atoms with E-state index in [4.69, 9.17) is 9.47 Å². The molecule has 0 fully saturated rings. The van der Waals surface area contributed by atoms with Crippen molar-refractivity contribution in [3.05, 3.63) is 41.5 Å². The van der Waals surface area contributed by atoms with Crippen LogP contribution in [0.4, 0.5) is 11.4 Å². The summed E-state index contributed by atoms with van der Waals surface area (Å²) in [7, 11) is 2.66. The molecular formula is C16H16N2O5. The fourth-order valence-corrected chi connectivity index (χ4v) is 1.98. The Morgan fingerprint density at radius 2 is 1.65 bits per heavy atom. The lowest BCUT2D eigenvalue weighted by Gasteiger charge is -2.13. The van der Waals surface area contributed by atoms with Crippen molar-refractivity contribution in [1.29, 1.82) is 0 Å². The second kappa shape index (κ2) is 6.78. The van der Waals surface area contributed by atoms with Gasteiger partial charge in [-0.3, -0.25) is 0 Å². The average Bonchev–Trinajstić information content (AvgIpc) is 2.53. The van der Waals surface area contributed by atoms with Crippen LogP contribution in [0, 0.1) is 6.92 Å². The molecule has 0 aliphatic heterocycles. The normalized spacial score (nSPS) is 10.7. The zero-order valence-corrected chi connectivity index (χ0v) is 12.9. The smallest absolute Gasteiger partial charge is 0.338 e. The minimum absolute atomic E-state index is 0.000705. The maximum Gasteiger partial charge on any atom is 0.338 e. The van der Waals surface area contributed by atoms with Gasteiger partial charge >= 0.3 is 5.97 Å². The first-order valence-corrected chi connectivity index (χ1v) is 6.67. The number of carboxylic acid groups (broad SMARTS) is 1. The van der Waals surface area contributed by atoms with Gasteiger partial charge in [-0.25, -0.2) is 4.79 Å². The molecule has 0 saturated heterocycles. The van der Waals surface area contributed by atoms with E-state index in [-0.39, 0.29) is 28.5 Å². The van der Waals surface area contributed by atoms with Gasteiger partial charge in [0.2, 0.25) is 5.75 Å². The van der Waals surface area contributed by atoms with Crippen LogP contribution in [-0.4, -0.2) is 30.4 Å². The molecule has 0 spiro atoms. The standard InChI is InChI=1S/C16H16N2O5/c1-9-4-6-10(7-5-9)17-18-13-11(16(20)21)8-12(19)14(22-2)15(13)23-3/h4-8,19H,1-3H3,(H,20,21). The van der Waals surface area contributed by atoms with Gasteiger partial charge in [0.05, 0.1) is 25.5 Å². The third kappa shape index (κ3) is 3.39. The zero-order chi connectivity index (χ0) is 17.0. The second-order valence-corrected chi connectivity index (χ2v) is 4.70. The summed E-state index contributed by atoms with van der Waals surface area (Å²) >= 11 is 0.